The third-order valence-electron chi connectivity index (χ3n) is 3.90. The van der Waals surface area contributed by atoms with Crippen molar-refractivity contribution >= 4 is 0 Å². The first-order valence-electron chi connectivity index (χ1n) is 7.18. The minimum atomic E-state index is 0.106. The number of nitrogens with two attached hydrogens (primary N) is 1. The molecule has 1 aliphatic heterocycles. The van der Waals surface area contributed by atoms with Gasteiger partial charge in [0.1, 0.15) is 0 Å². The summed E-state index contributed by atoms with van der Waals surface area (Å²) in [5.41, 5.74) is 8.88. The molecule has 4 atom stereocenters. The number of ether oxygens (including phenoxy) is 1. The van der Waals surface area contributed by atoms with Gasteiger partial charge in [0.25, 0.3) is 0 Å². The van der Waals surface area contributed by atoms with Crippen LogP contribution in [0.15, 0.2) is 24.3 Å². The van der Waals surface area contributed by atoms with E-state index in [0.29, 0.717) is 6.04 Å². The Morgan fingerprint density at radius 3 is 2.74 bits per heavy atom. The second-order valence-electron chi connectivity index (χ2n) is 5.91. The van der Waals surface area contributed by atoms with Gasteiger partial charge in [0.05, 0.1) is 18.8 Å². The van der Waals surface area contributed by atoms with E-state index in [-0.39, 0.29) is 18.2 Å². The number of hydrogen-bond acceptors (Lipinski definition) is 3. The predicted molar refractivity (Wildman–Crippen MR) is 79.2 cm³/mol. The second kappa shape index (κ2) is 6.04. The van der Waals surface area contributed by atoms with Crippen LogP contribution in [0.5, 0.6) is 0 Å². The van der Waals surface area contributed by atoms with E-state index >= 15 is 0 Å². The second-order valence-corrected chi connectivity index (χ2v) is 5.91. The number of rotatable bonds is 3. The predicted octanol–water partition coefficient (Wildman–Crippen LogP) is 2.49. The molecule has 0 saturated carbocycles. The van der Waals surface area contributed by atoms with Crippen molar-refractivity contribution in [2.45, 2.75) is 51.9 Å². The fourth-order valence-corrected chi connectivity index (χ4v) is 2.97. The average Bonchev–Trinajstić information content (AvgIpc) is 2.33. The van der Waals surface area contributed by atoms with E-state index in [0.717, 1.165) is 13.2 Å². The van der Waals surface area contributed by atoms with Gasteiger partial charge < -0.3 is 10.5 Å². The molecule has 2 N–H and O–H groups in total. The van der Waals surface area contributed by atoms with Crippen molar-refractivity contribution in [3.63, 3.8) is 0 Å². The van der Waals surface area contributed by atoms with E-state index in [1.54, 1.807) is 0 Å². The molecule has 3 heteroatoms. The molecule has 0 bridgehead atoms. The number of hydrogen-bond donors (Lipinski definition) is 1. The summed E-state index contributed by atoms with van der Waals surface area (Å²) in [6.07, 6.45) is 0.280. The van der Waals surface area contributed by atoms with E-state index in [1.807, 2.05) is 0 Å². The Labute approximate surface area is 116 Å². The summed E-state index contributed by atoms with van der Waals surface area (Å²) >= 11 is 0. The largest absolute Gasteiger partial charge is 0.376 e. The topological polar surface area (TPSA) is 38.5 Å². The third kappa shape index (κ3) is 3.35. The van der Waals surface area contributed by atoms with Gasteiger partial charge >= 0.3 is 0 Å². The minimum absolute atomic E-state index is 0.106. The van der Waals surface area contributed by atoms with Crippen molar-refractivity contribution in [2.24, 2.45) is 5.73 Å². The molecule has 1 saturated heterocycles. The summed E-state index contributed by atoms with van der Waals surface area (Å²) in [6.45, 7) is 10.3. The molecule has 0 radical (unpaired) electrons. The van der Waals surface area contributed by atoms with Crippen LogP contribution in [0.1, 0.15) is 37.9 Å². The molecule has 0 aromatic heterocycles. The van der Waals surface area contributed by atoms with Gasteiger partial charge in [0, 0.05) is 18.6 Å². The SMILES string of the molecule is Cc1cccc(C(C(C)N)N2CC(C)OCC2C)c1. The first-order chi connectivity index (χ1) is 8.99. The Hall–Kier alpha value is -0.900. The standard InChI is InChI=1S/C16H26N2O/c1-11-6-5-7-15(8-11)16(14(4)17)18-9-13(3)19-10-12(18)2/h5-8,12-14,16H,9-10,17H2,1-4H3. The maximum Gasteiger partial charge on any atom is 0.0675 e. The zero-order chi connectivity index (χ0) is 14.0. The Kier molecular flexibility index (Phi) is 4.61. The number of benzene rings is 1. The summed E-state index contributed by atoms with van der Waals surface area (Å²) in [5, 5.41) is 0. The van der Waals surface area contributed by atoms with Gasteiger partial charge in [0.2, 0.25) is 0 Å². The third-order valence-corrected chi connectivity index (χ3v) is 3.90. The van der Waals surface area contributed by atoms with E-state index in [2.05, 4.69) is 56.9 Å². The molecule has 2 rings (SSSR count). The highest BCUT2D eigenvalue weighted by atomic mass is 16.5. The molecular formula is C16H26N2O. The van der Waals surface area contributed by atoms with Crippen LogP contribution >= 0.6 is 0 Å². The van der Waals surface area contributed by atoms with E-state index in [1.165, 1.54) is 11.1 Å². The fourth-order valence-electron chi connectivity index (χ4n) is 2.97. The van der Waals surface area contributed by atoms with Gasteiger partial charge in [-0.2, -0.15) is 0 Å². The lowest BCUT2D eigenvalue weighted by molar-refractivity contribution is -0.0697. The Morgan fingerprint density at radius 2 is 2.11 bits per heavy atom. The maximum absolute atomic E-state index is 6.27. The molecule has 0 aliphatic carbocycles. The van der Waals surface area contributed by atoms with Crippen LogP contribution in [0.3, 0.4) is 0 Å². The molecule has 19 heavy (non-hydrogen) atoms. The first kappa shape index (κ1) is 14.5. The number of aryl methyl sites for hydroxylation is 1. The van der Waals surface area contributed by atoms with Crippen molar-refractivity contribution in [3.05, 3.63) is 35.4 Å². The van der Waals surface area contributed by atoms with Crippen LogP contribution < -0.4 is 5.73 Å². The molecule has 3 nitrogen and oxygen atoms in total. The molecule has 4 unspecified atom stereocenters. The molecule has 1 aromatic rings. The monoisotopic (exact) mass is 262 g/mol. The van der Waals surface area contributed by atoms with Crippen molar-refractivity contribution in [2.75, 3.05) is 13.2 Å². The summed E-state index contributed by atoms with van der Waals surface area (Å²) in [4.78, 5) is 2.49. The average molecular weight is 262 g/mol. The van der Waals surface area contributed by atoms with Gasteiger partial charge in [-0.25, -0.2) is 0 Å². The minimum Gasteiger partial charge on any atom is -0.376 e. The smallest absolute Gasteiger partial charge is 0.0675 e. The van der Waals surface area contributed by atoms with Crippen LogP contribution in [0.2, 0.25) is 0 Å². The lowest BCUT2D eigenvalue weighted by atomic mass is 9.95. The van der Waals surface area contributed by atoms with Gasteiger partial charge in [-0.1, -0.05) is 29.8 Å². The van der Waals surface area contributed by atoms with Crippen molar-refractivity contribution in [3.8, 4) is 0 Å². The normalized spacial score (nSPS) is 28.1. The molecular weight excluding hydrogens is 236 g/mol. The van der Waals surface area contributed by atoms with Crippen molar-refractivity contribution in [1.29, 1.82) is 0 Å². The quantitative estimate of drug-likeness (QED) is 0.909. The zero-order valence-corrected chi connectivity index (χ0v) is 12.5. The van der Waals surface area contributed by atoms with Crippen LogP contribution in [-0.2, 0) is 4.74 Å². The van der Waals surface area contributed by atoms with Gasteiger partial charge in [-0.3, -0.25) is 4.90 Å². The number of morpholine rings is 1. The van der Waals surface area contributed by atoms with Gasteiger partial charge in [0.15, 0.2) is 0 Å². The number of nitrogens with zero attached hydrogens (tertiary/aromatic N) is 1. The van der Waals surface area contributed by atoms with Crippen LogP contribution in [0, 0.1) is 6.92 Å². The van der Waals surface area contributed by atoms with Crippen LogP contribution in [0.25, 0.3) is 0 Å². The molecule has 0 spiro atoms. The molecule has 0 amide bonds. The Bertz CT molecular complexity index is 419. The van der Waals surface area contributed by atoms with E-state index in [4.69, 9.17) is 10.5 Å². The highest BCUT2D eigenvalue weighted by Gasteiger charge is 2.32. The lowest BCUT2D eigenvalue weighted by Crippen LogP contribution is -2.52. The summed E-state index contributed by atoms with van der Waals surface area (Å²) < 4.78 is 5.73. The zero-order valence-electron chi connectivity index (χ0n) is 12.5. The summed E-state index contributed by atoms with van der Waals surface area (Å²) in [6, 6.07) is 9.47. The highest BCUT2D eigenvalue weighted by Crippen LogP contribution is 2.29. The Balaban J connectivity index is 2.29. The summed E-state index contributed by atoms with van der Waals surface area (Å²) in [5.74, 6) is 0. The molecule has 106 valence electrons. The van der Waals surface area contributed by atoms with E-state index < -0.39 is 0 Å². The maximum atomic E-state index is 6.27. The van der Waals surface area contributed by atoms with Crippen molar-refractivity contribution in [1.82, 2.24) is 4.90 Å². The van der Waals surface area contributed by atoms with Crippen LogP contribution in [-0.4, -0.2) is 36.2 Å². The molecule has 1 aromatic carbocycles. The van der Waals surface area contributed by atoms with Gasteiger partial charge in [-0.05, 0) is 33.3 Å². The van der Waals surface area contributed by atoms with E-state index in [9.17, 15) is 0 Å². The van der Waals surface area contributed by atoms with Crippen LogP contribution in [0.4, 0.5) is 0 Å². The summed E-state index contributed by atoms with van der Waals surface area (Å²) in [7, 11) is 0. The fraction of sp³-hybridized carbons (Fsp3) is 0.625. The Morgan fingerprint density at radius 1 is 1.37 bits per heavy atom. The van der Waals surface area contributed by atoms with Crippen molar-refractivity contribution < 1.29 is 4.74 Å². The molecule has 1 aliphatic rings. The highest BCUT2D eigenvalue weighted by molar-refractivity contribution is 5.26. The van der Waals surface area contributed by atoms with Gasteiger partial charge in [-0.15, -0.1) is 0 Å². The first-order valence-corrected chi connectivity index (χ1v) is 7.18. The molecule has 1 fully saturated rings. The lowest BCUT2D eigenvalue weighted by Gasteiger charge is -2.43. The molecule has 1 heterocycles.